The second-order valence-electron chi connectivity index (χ2n) is 9.28. The number of cyclic esters (lactones) is 1. The molecule has 2 N–H and O–H groups in total. The first-order valence-corrected chi connectivity index (χ1v) is 14.0. The van der Waals surface area contributed by atoms with Gasteiger partial charge < -0.3 is 29.2 Å². The van der Waals surface area contributed by atoms with E-state index in [1.807, 2.05) is 19.9 Å². The van der Waals surface area contributed by atoms with Crippen molar-refractivity contribution in [2.75, 3.05) is 13.7 Å². The zero-order valence-electron chi connectivity index (χ0n) is 18.6. The molecule has 1 aromatic rings. The number of carbonyl (C=O) groups is 1. The number of methoxy groups -OCH3 is 1. The normalized spacial score (nSPS) is 20.1. The van der Waals surface area contributed by atoms with Crippen LogP contribution in [0.15, 0.2) is 11.6 Å². The smallest absolute Gasteiger partial charge is 0.342 e. The van der Waals surface area contributed by atoms with Crippen LogP contribution in [0.1, 0.15) is 40.4 Å². The Hall–Kier alpha value is -1.87. The molecule has 166 valence electrons. The summed E-state index contributed by atoms with van der Waals surface area (Å²) < 4.78 is 22.1. The minimum atomic E-state index is -2.02. The lowest BCUT2D eigenvalue weighted by atomic mass is 9.94. The average molecular weight is 437 g/mol. The second-order valence-corrected chi connectivity index (χ2v) is 14.9. The maximum atomic E-state index is 12.5. The summed E-state index contributed by atoms with van der Waals surface area (Å²) in [6.07, 6.45) is 2.26. The van der Waals surface area contributed by atoms with Crippen molar-refractivity contribution in [3.05, 3.63) is 33.9 Å². The van der Waals surface area contributed by atoms with Gasteiger partial charge in [0.2, 0.25) is 0 Å². The fourth-order valence-corrected chi connectivity index (χ4v) is 4.34. The SMILES string of the molecule is COc1c(C)c2c(c(OCC[Si](C)(C)C)c1C/C=C(\C)CC1OC1(O)O)C(=O)OC2. The quantitative estimate of drug-likeness (QED) is 0.201. The minimum absolute atomic E-state index is 0.226. The molecule has 2 heterocycles. The van der Waals surface area contributed by atoms with E-state index in [0.717, 1.165) is 28.3 Å². The number of rotatable bonds is 9. The van der Waals surface area contributed by atoms with Crippen molar-refractivity contribution >= 4 is 14.0 Å². The highest BCUT2D eigenvalue weighted by Gasteiger charge is 2.54. The topological polar surface area (TPSA) is 97.8 Å². The first kappa shape index (κ1) is 22.8. The highest BCUT2D eigenvalue weighted by atomic mass is 28.3. The molecular formula is C22H32O7Si. The summed E-state index contributed by atoms with van der Waals surface area (Å²) in [6, 6.07) is 0.968. The number of hydrogen-bond acceptors (Lipinski definition) is 7. The number of fused-ring (bicyclic) bond motifs is 1. The lowest BCUT2D eigenvalue weighted by Crippen LogP contribution is -2.23. The van der Waals surface area contributed by atoms with Crippen molar-refractivity contribution in [2.45, 2.75) is 71.1 Å². The van der Waals surface area contributed by atoms with Crippen LogP contribution in [0.3, 0.4) is 0 Å². The maximum Gasteiger partial charge on any atom is 0.342 e. The molecule has 3 rings (SSSR count). The van der Waals surface area contributed by atoms with Gasteiger partial charge in [0.05, 0.1) is 13.7 Å². The number of allylic oxidation sites excluding steroid dienone is 1. The van der Waals surface area contributed by atoms with Crippen LogP contribution in [-0.4, -0.2) is 50.1 Å². The molecule has 0 aliphatic carbocycles. The third-order valence-electron chi connectivity index (χ3n) is 5.56. The first-order valence-electron chi connectivity index (χ1n) is 10.2. The Kier molecular flexibility index (Phi) is 6.34. The van der Waals surface area contributed by atoms with Gasteiger partial charge in [-0.3, -0.25) is 0 Å². The molecule has 30 heavy (non-hydrogen) atoms. The van der Waals surface area contributed by atoms with Crippen LogP contribution in [0.2, 0.25) is 25.7 Å². The Morgan fingerprint density at radius 3 is 2.53 bits per heavy atom. The zero-order chi connectivity index (χ0) is 22.3. The molecule has 0 radical (unpaired) electrons. The zero-order valence-corrected chi connectivity index (χ0v) is 19.6. The third-order valence-corrected chi connectivity index (χ3v) is 7.27. The van der Waals surface area contributed by atoms with E-state index in [9.17, 15) is 15.0 Å². The summed E-state index contributed by atoms with van der Waals surface area (Å²) in [5, 5.41) is 18.8. The Labute approximate surface area is 178 Å². The molecule has 0 aromatic heterocycles. The van der Waals surface area contributed by atoms with Gasteiger partial charge in [-0.2, -0.15) is 0 Å². The van der Waals surface area contributed by atoms with Gasteiger partial charge in [-0.1, -0.05) is 31.3 Å². The van der Waals surface area contributed by atoms with Crippen molar-refractivity contribution in [3.63, 3.8) is 0 Å². The second kappa shape index (κ2) is 8.34. The summed E-state index contributed by atoms with van der Waals surface area (Å²) in [5.41, 5.74) is 3.95. The number of benzene rings is 1. The standard InChI is InChI=1S/C22H32O7Si/c1-13(11-17-22(24,25)29-17)7-8-15-19(26-3)14(2)16-12-28-21(23)18(16)20(15)27-9-10-30(4,5)6/h7,17,24-25H,8-12H2,1-6H3/b13-7+. The van der Waals surface area contributed by atoms with E-state index in [-0.39, 0.29) is 12.6 Å². The largest absolute Gasteiger partial charge is 0.496 e. The molecule has 7 nitrogen and oxygen atoms in total. The van der Waals surface area contributed by atoms with Crippen molar-refractivity contribution in [1.82, 2.24) is 0 Å². The molecular weight excluding hydrogens is 404 g/mol. The van der Waals surface area contributed by atoms with Gasteiger partial charge in [0.15, 0.2) is 0 Å². The number of epoxide rings is 1. The van der Waals surface area contributed by atoms with Crippen molar-refractivity contribution in [1.29, 1.82) is 0 Å². The maximum absolute atomic E-state index is 12.5. The summed E-state index contributed by atoms with van der Waals surface area (Å²) in [4.78, 5) is 12.5. The highest BCUT2D eigenvalue weighted by Crippen LogP contribution is 2.43. The predicted octanol–water partition coefficient (Wildman–Crippen LogP) is 3.31. The summed E-state index contributed by atoms with van der Waals surface area (Å²) in [7, 11) is 0.302. The average Bonchev–Trinajstić information content (AvgIpc) is 3.04. The van der Waals surface area contributed by atoms with E-state index in [1.54, 1.807) is 7.11 Å². The van der Waals surface area contributed by atoms with Gasteiger partial charge in [0.25, 0.3) is 0 Å². The van der Waals surface area contributed by atoms with E-state index < -0.39 is 20.2 Å². The number of ether oxygens (including phenoxy) is 4. The predicted molar refractivity (Wildman–Crippen MR) is 115 cm³/mol. The molecule has 1 unspecified atom stereocenters. The number of aliphatic hydroxyl groups is 2. The Balaban J connectivity index is 1.93. The molecule has 0 spiro atoms. The van der Waals surface area contributed by atoms with Crippen molar-refractivity contribution < 1.29 is 34.0 Å². The molecule has 1 saturated heterocycles. The fraction of sp³-hybridized carbons (Fsp3) is 0.591. The van der Waals surface area contributed by atoms with E-state index in [1.165, 1.54) is 0 Å². The van der Waals surface area contributed by atoms with E-state index in [0.29, 0.717) is 36.5 Å². The van der Waals surface area contributed by atoms with Crippen LogP contribution < -0.4 is 9.47 Å². The van der Waals surface area contributed by atoms with Crippen LogP contribution in [0, 0.1) is 6.92 Å². The van der Waals surface area contributed by atoms with Gasteiger partial charge in [0.1, 0.15) is 29.8 Å². The monoisotopic (exact) mass is 436 g/mol. The van der Waals surface area contributed by atoms with Crippen LogP contribution >= 0.6 is 0 Å². The molecule has 1 atom stereocenters. The number of esters is 1. The van der Waals surface area contributed by atoms with E-state index >= 15 is 0 Å². The summed E-state index contributed by atoms with van der Waals surface area (Å²) in [6.45, 7) is 11.4. The molecule has 0 bridgehead atoms. The molecule has 1 aromatic carbocycles. The fourth-order valence-electron chi connectivity index (χ4n) is 3.63. The Morgan fingerprint density at radius 2 is 1.97 bits per heavy atom. The Morgan fingerprint density at radius 1 is 1.30 bits per heavy atom. The molecule has 0 amide bonds. The van der Waals surface area contributed by atoms with Crippen LogP contribution in [-0.2, 0) is 22.5 Å². The molecule has 8 heteroatoms. The van der Waals surface area contributed by atoms with Crippen molar-refractivity contribution in [2.24, 2.45) is 0 Å². The van der Waals surface area contributed by atoms with Gasteiger partial charge in [-0.05, 0) is 31.9 Å². The van der Waals surface area contributed by atoms with Gasteiger partial charge >= 0.3 is 11.9 Å². The molecule has 2 aliphatic rings. The van der Waals surface area contributed by atoms with E-state index in [4.69, 9.17) is 18.9 Å². The van der Waals surface area contributed by atoms with Crippen LogP contribution in [0.5, 0.6) is 11.5 Å². The lowest BCUT2D eigenvalue weighted by molar-refractivity contribution is -0.150. The van der Waals surface area contributed by atoms with Crippen LogP contribution in [0.4, 0.5) is 0 Å². The van der Waals surface area contributed by atoms with Crippen molar-refractivity contribution in [3.8, 4) is 11.5 Å². The van der Waals surface area contributed by atoms with Gasteiger partial charge in [-0.15, -0.1) is 0 Å². The molecule has 0 saturated carbocycles. The first-order chi connectivity index (χ1) is 13.9. The summed E-state index contributed by atoms with van der Waals surface area (Å²) in [5.74, 6) is -1.15. The number of hydrogen-bond donors (Lipinski definition) is 2. The molecule has 2 aliphatic heterocycles. The highest BCUT2D eigenvalue weighted by molar-refractivity contribution is 6.76. The van der Waals surface area contributed by atoms with E-state index in [2.05, 4.69) is 19.6 Å². The lowest BCUT2D eigenvalue weighted by Gasteiger charge is -2.21. The molecule has 1 fully saturated rings. The van der Waals surface area contributed by atoms with Crippen LogP contribution in [0.25, 0.3) is 0 Å². The Bertz CT molecular complexity index is 867. The number of carbonyl (C=O) groups excluding carboxylic acids is 1. The third kappa shape index (κ3) is 4.88. The van der Waals surface area contributed by atoms with Gasteiger partial charge in [-0.25, -0.2) is 4.79 Å². The minimum Gasteiger partial charge on any atom is -0.496 e. The van der Waals surface area contributed by atoms with Gasteiger partial charge in [0, 0.05) is 25.6 Å². The summed E-state index contributed by atoms with van der Waals surface area (Å²) >= 11 is 0.